The van der Waals surface area contributed by atoms with E-state index in [1.54, 1.807) is 6.07 Å². The number of carbonyl (C=O) groups excluding carboxylic acids is 1. The molecule has 0 fully saturated rings. The van der Waals surface area contributed by atoms with Gasteiger partial charge in [-0.3, -0.25) is 4.79 Å². The highest BCUT2D eigenvalue weighted by Crippen LogP contribution is 2.23. The number of Topliss-reactive ketones (excluding diaryl/α,β-unsaturated/α-hetero) is 1. The number of anilines is 1. The van der Waals surface area contributed by atoms with E-state index in [1.807, 2.05) is 6.07 Å². The van der Waals surface area contributed by atoms with Crippen molar-refractivity contribution in [2.24, 2.45) is 0 Å². The summed E-state index contributed by atoms with van der Waals surface area (Å²) < 4.78 is 0.636. The third kappa shape index (κ3) is 1.87. The standard InChI is InChI=1S/C9H7BrN2O/c1-5(13)7-3-8(10)9(12)2-6(7)4-11/h2-3H,12H2,1H3. The van der Waals surface area contributed by atoms with Crippen molar-refractivity contribution in [2.75, 3.05) is 5.73 Å². The molecule has 0 amide bonds. The third-order valence-corrected chi connectivity index (χ3v) is 2.32. The van der Waals surface area contributed by atoms with Crippen LogP contribution in [0.1, 0.15) is 22.8 Å². The maximum Gasteiger partial charge on any atom is 0.161 e. The van der Waals surface area contributed by atoms with Crippen molar-refractivity contribution in [1.29, 1.82) is 5.26 Å². The van der Waals surface area contributed by atoms with Crippen LogP contribution in [0, 0.1) is 11.3 Å². The summed E-state index contributed by atoms with van der Waals surface area (Å²) in [7, 11) is 0. The highest BCUT2D eigenvalue weighted by atomic mass is 79.9. The molecule has 0 saturated carbocycles. The largest absolute Gasteiger partial charge is 0.398 e. The Bertz CT molecular complexity index is 407. The number of benzene rings is 1. The molecule has 1 rings (SSSR count). The summed E-state index contributed by atoms with van der Waals surface area (Å²) in [6.07, 6.45) is 0. The van der Waals surface area contributed by atoms with E-state index in [1.165, 1.54) is 13.0 Å². The quantitative estimate of drug-likeness (QED) is 0.602. The van der Waals surface area contributed by atoms with Crippen molar-refractivity contribution in [3.63, 3.8) is 0 Å². The molecule has 66 valence electrons. The van der Waals surface area contributed by atoms with Gasteiger partial charge in [0.2, 0.25) is 0 Å². The van der Waals surface area contributed by atoms with Gasteiger partial charge in [-0.25, -0.2) is 0 Å². The molecule has 2 N–H and O–H groups in total. The first kappa shape index (κ1) is 9.75. The maximum absolute atomic E-state index is 11.1. The van der Waals surface area contributed by atoms with Crippen molar-refractivity contribution >= 4 is 27.4 Å². The molecule has 0 aromatic heterocycles. The fraction of sp³-hybridized carbons (Fsp3) is 0.111. The van der Waals surface area contributed by atoms with Crippen molar-refractivity contribution in [2.45, 2.75) is 6.92 Å². The van der Waals surface area contributed by atoms with Crippen LogP contribution in [0.5, 0.6) is 0 Å². The number of halogens is 1. The molecule has 1 aromatic rings. The number of ketones is 1. The molecule has 0 saturated heterocycles. The van der Waals surface area contributed by atoms with Gasteiger partial charge in [0.05, 0.1) is 11.6 Å². The van der Waals surface area contributed by atoms with Gasteiger partial charge in [-0.15, -0.1) is 0 Å². The number of nitriles is 1. The van der Waals surface area contributed by atoms with Gasteiger partial charge in [0, 0.05) is 15.7 Å². The minimum Gasteiger partial charge on any atom is -0.398 e. The lowest BCUT2D eigenvalue weighted by Gasteiger charge is -2.03. The summed E-state index contributed by atoms with van der Waals surface area (Å²) in [5.41, 5.74) is 6.72. The Hall–Kier alpha value is -1.34. The zero-order valence-corrected chi connectivity index (χ0v) is 8.55. The van der Waals surface area contributed by atoms with Crippen molar-refractivity contribution < 1.29 is 4.79 Å². The summed E-state index contributed by atoms with van der Waals surface area (Å²) in [4.78, 5) is 11.1. The third-order valence-electron chi connectivity index (χ3n) is 1.64. The topological polar surface area (TPSA) is 66.9 Å². The second kappa shape index (κ2) is 3.58. The summed E-state index contributed by atoms with van der Waals surface area (Å²) in [6.45, 7) is 1.42. The molecule has 0 unspecified atom stereocenters. The molecular weight excluding hydrogens is 232 g/mol. The summed E-state index contributed by atoms with van der Waals surface area (Å²) in [6, 6.07) is 4.98. The maximum atomic E-state index is 11.1. The Balaban J connectivity index is 3.44. The lowest BCUT2D eigenvalue weighted by atomic mass is 10.0. The zero-order valence-electron chi connectivity index (χ0n) is 6.97. The molecule has 0 bridgehead atoms. The van der Waals surface area contributed by atoms with E-state index in [9.17, 15) is 4.79 Å². The van der Waals surface area contributed by atoms with Crippen LogP contribution < -0.4 is 5.73 Å². The second-order valence-corrected chi connectivity index (χ2v) is 3.44. The Morgan fingerprint density at radius 1 is 1.62 bits per heavy atom. The van der Waals surface area contributed by atoms with Crippen LogP contribution in [0.4, 0.5) is 5.69 Å². The van der Waals surface area contributed by atoms with E-state index in [-0.39, 0.29) is 5.78 Å². The number of carbonyl (C=O) groups is 1. The molecule has 13 heavy (non-hydrogen) atoms. The zero-order chi connectivity index (χ0) is 10.0. The number of nitrogen functional groups attached to an aromatic ring is 1. The van der Waals surface area contributed by atoms with Crippen molar-refractivity contribution in [1.82, 2.24) is 0 Å². The van der Waals surface area contributed by atoms with Gasteiger partial charge < -0.3 is 5.73 Å². The number of hydrogen-bond acceptors (Lipinski definition) is 3. The van der Waals surface area contributed by atoms with Crippen molar-refractivity contribution in [3.05, 3.63) is 27.7 Å². The van der Waals surface area contributed by atoms with Gasteiger partial charge >= 0.3 is 0 Å². The molecule has 0 heterocycles. The normalized spacial score (nSPS) is 9.31. The highest BCUT2D eigenvalue weighted by molar-refractivity contribution is 9.10. The van der Waals surface area contributed by atoms with Crippen molar-refractivity contribution in [3.8, 4) is 6.07 Å². The van der Waals surface area contributed by atoms with Gasteiger partial charge in [0.1, 0.15) is 0 Å². The van der Waals surface area contributed by atoms with Crippen LogP contribution in [-0.4, -0.2) is 5.78 Å². The number of hydrogen-bond donors (Lipinski definition) is 1. The van der Waals surface area contributed by atoms with E-state index in [0.29, 0.717) is 21.3 Å². The molecule has 0 aliphatic rings. The van der Waals surface area contributed by atoms with E-state index in [4.69, 9.17) is 11.0 Å². The Morgan fingerprint density at radius 2 is 2.23 bits per heavy atom. The lowest BCUT2D eigenvalue weighted by Crippen LogP contribution is -1.99. The van der Waals surface area contributed by atoms with Gasteiger partial charge in [-0.1, -0.05) is 0 Å². The van der Waals surface area contributed by atoms with Crippen LogP contribution in [0.2, 0.25) is 0 Å². The predicted octanol–water partition coefficient (Wildman–Crippen LogP) is 2.11. The summed E-state index contributed by atoms with van der Waals surface area (Å²) in [5, 5.41) is 8.71. The average Bonchev–Trinajstić information content (AvgIpc) is 2.08. The van der Waals surface area contributed by atoms with Crippen LogP contribution in [0.3, 0.4) is 0 Å². The molecule has 3 nitrogen and oxygen atoms in total. The first-order chi connectivity index (χ1) is 6.06. The first-order valence-corrected chi connectivity index (χ1v) is 4.35. The molecular formula is C9H7BrN2O. The highest BCUT2D eigenvalue weighted by Gasteiger charge is 2.09. The number of nitrogens with zero attached hydrogens (tertiary/aromatic N) is 1. The Kier molecular flexibility index (Phi) is 2.69. The van der Waals surface area contributed by atoms with E-state index in [2.05, 4.69) is 15.9 Å². The summed E-state index contributed by atoms with van der Waals surface area (Å²) in [5.74, 6) is -0.141. The molecule has 4 heteroatoms. The first-order valence-electron chi connectivity index (χ1n) is 3.56. The molecule has 0 aliphatic heterocycles. The number of nitrogens with two attached hydrogens (primary N) is 1. The van der Waals surface area contributed by atoms with Crippen LogP contribution in [0.15, 0.2) is 16.6 Å². The smallest absolute Gasteiger partial charge is 0.161 e. The second-order valence-electron chi connectivity index (χ2n) is 2.59. The van der Waals surface area contributed by atoms with Crippen LogP contribution >= 0.6 is 15.9 Å². The van der Waals surface area contributed by atoms with Gasteiger partial charge in [-0.2, -0.15) is 5.26 Å². The summed E-state index contributed by atoms with van der Waals surface area (Å²) >= 11 is 3.19. The van der Waals surface area contributed by atoms with E-state index >= 15 is 0 Å². The molecule has 0 aliphatic carbocycles. The predicted molar refractivity (Wildman–Crippen MR) is 53.3 cm³/mol. The van der Waals surface area contributed by atoms with Gasteiger partial charge in [-0.05, 0) is 35.0 Å². The lowest BCUT2D eigenvalue weighted by molar-refractivity contribution is 0.101. The van der Waals surface area contributed by atoms with Gasteiger partial charge in [0.25, 0.3) is 0 Å². The fourth-order valence-corrected chi connectivity index (χ4v) is 1.32. The fourth-order valence-electron chi connectivity index (χ4n) is 0.974. The Morgan fingerprint density at radius 3 is 2.69 bits per heavy atom. The minimum atomic E-state index is -0.141. The SMILES string of the molecule is CC(=O)c1cc(Br)c(N)cc1C#N. The molecule has 0 spiro atoms. The molecule has 0 atom stereocenters. The van der Waals surface area contributed by atoms with Crippen LogP contribution in [-0.2, 0) is 0 Å². The average molecular weight is 239 g/mol. The van der Waals surface area contributed by atoms with E-state index < -0.39 is 0 Å². The number of rotatable bonds is 1. The van der Waals surface area contributed by atoms with Gasteiger partial charge in [0.15, 0.2) is 5.78 Å². The Labute approximate surface area is 84.3 Å². The van der Waals surface area contributed by atoms with E-state index in [0.717, 1.165) is 0 Å². The molecule has 1 aromatic carbocycles. The molecule has 0 radical (unpaired) electrons. The van der Waals surface area contributed by atoms with Crippen LogP contribution in [0.25, 0.3) is 0 Å². The minimum absolute atomic E-state index is 0.141. The monoisotopic (exact) mass is 238 g/mol.